The summed E-state index contributed by atoms with van der Waals surface area (Å²) in [6, 6.07) is 5.97. The Balaban J connectivity index is 2.53. The number of nitrogens with one attached hydrogen (secondary N) is 1. The van der Waals surface area contributed by atoms with Crippen molar-refractivity contribution in [1.82, 2.24) is 5.32 Å². The van der Waals surface area contributed by atoms with Crippen LogP contribution < -0.4 is 11.1 Å². The summed E-state index contributed by atoms with van der Waals surface area (Å²) in [6.45, 7) is 4.38. The number of rotatable bonds is 6. The topological polar surface area (TPSA) is 98.3 Å². The molecule has 1 aromatic rings. The zero-order valence-electron chi connectivity index (χ0n) is 11.1. The van der Waals surface area contributed by atoms with Crippen LogP contribution in [0.3, 0.4) is 0 Å². The largest absolute Gasteiger partial charge is 0.354 e. The van der Waals surface area contributed by atoms with E-state index in [2.05, 4.69) is 5.32 Å². The van der Waals surface area contributed by atoms with E-state index in [0.29, 0.717) is 12.1 Å². The molecule has 0 spiro atoms. The highest BCUT2D eigenvalue weighted by Gasteiger charge is 2.11. The van der Waals surface area contributed by atoms with Gasteiger partial charge >= 0.3 is 0 Å². The zero-order valence-corrected chi connectivity index (χ0v) is 11.1. The van der Waals surface area contributed by atoms with E-state index in [9.17, 15) is 14.9 Å². The first-order valence-corrected chi connectivity index (χ1v) is 6.15. The number of carbonyl (C=O) groups is 1. The minimum absolute atomic E-state index is 0.0100. The second-order valence-corrected chi connectivity index (χ2v) is 4.82. The van der Waals surface area contributed by atoms with Crippen molar-refractivity contribution in [3.8, 4) is 0 Å². The molecule has 6 nitrogen and oxygen atoms in total. The van der Waals surface area contributed by atoms with E-state index in [1.807, 2.05) is 13.8 Å². The van der Waals surface area contributed by atoms with E-state index in [-0.39, 0.29) is 30.0 Å². The first-order chi connectivity index (χ1) is 8.90. The Morgan fingerprint density at radius 3 is 2.74 bits per heavy atom. The Bertz CT molecular complexity index is 460. The highest BCUT2D eigenvalue weighted by molar-refractivity contribution is 5.78. The second-order valence-electron chi connectivity index (χ2n) is 4.82. The third kappa shape index (κ3) is 5.05. The van der Waals surface area contributed by atoms with Gasteiger partial charge in [-0.15, -0.1) is 0 Å². The van der Waals surface area contributed by atoms with Gasteiger partial charge in [0.15, 0.2) is 0 Å². The van der Waals surface area contributed by atoms with Crippen LogP contribution in [0.4, 0.5) is 5.69 Å². The van der Waals surface area contributed by atoms with Gasteiger partial charge in [0, 0.05) is 24.7 Å². The monoisotopic (exact) mass is 265 g/mol. The van der Waals surface area contributed by atoms with E-state index in [4.69, 9.17) is 5.73 Å². The van der Waals surface area contributed by atoms with Gasteiger partial charge in [0.1, 0.15) is 0 Å². The van der Waals surface area contributed by atoms with Crippen LogP contribution in [0.5, 0.6) is 0 Å². The molecule has 1 rings (SSSR count). The summed E-state index contributed by atoms with van der Waals surface area (Å²) in [5.41, 5.74) is 6.42. The van der Waals surface area contributed by atoms with Gasteiger partial charge in [-0.3, -0.25) is 14.9 Å². The Morgan fingerprint density at radius 2 is 2.16 bits per heavy atom. The van der Waals surface area contributed by atoms with Gasteiger partial charge in [-0.05, 0) is 11.5 Å². The van der Waals surface area contributed by atoms with Crippen LogP contribution >= 0.6 is 0 Å². The standard InChI is InChI=1S/C13H19N3O3/c1-9(2)12(14)8-15-13(17)7-10-4-3-5-11(6-10)16(18)19/h3-6,9,12H,7-8,14H2,1-2H3,(H,15,17). The van der Waals surface area contributed by atoms with Gasteiger partial charge in [0.05, 0.1) is 11.3 Å². The highest BCUT2D eigenvalue weighted by Crippen LogP contribution is 2.13. The molecule has 1 amide bonds. The number of non-ortho nitro benzene ring substituents is 1. The average molecular weight is 265 g/mol. The lowest BCUT2D eigenvalue weighted by atomic mass is 10.1. The molecule has 19 heavy (non-hydrogen) atoms. The molecule has 0 aliphatic rings. The third-order valence-electron chi connectivity index (χ3n) is 2.88. The maximum absolute atomic E-state index is 11.7. The summed E-state index contributed by atoms with van der Waals surface area (Å²) in [4.78, 5) is 21.8. The number of nitrogens with two attached hydrogens (primary N) is 1. The fraction of sp³-hybridized carbons (Fsp3) is 0.462. The van der Waals surface area contributed by atoms with Crippen LogP contribution in [0, 0.1) is 16.0 Å². The minimum Gasteiger partial charge on any atom is -0.354 e. The molecule has 3 N–H and O–H groups in total. The molecule has 0 radical (unpaired) electrons. The average Bonchev–Trinajstić information content (AvgIpc) is 2.36. The van der Waals surface area contributed by atoms with Crippen LogP contribution in [0.2, 0.25) is 0 Å². The maximum atomic E-state index is 11.7. The van der Waals surface area contributed by atoms with Crippen molar-refractivity contribution in [2.45, 2.75) is 26.3 Å². The molecule has 0 fully saturated rings. The van der Waals surface area contributed by atoms with Gasteiger partial charge < -0.3 is 11.1 Å². The number of hydrogen-bond acceptors (Lipinski definition) is 4. The van der Waals surface area contributed by atoms with E-state index in [0.717, 1.165) is 0 Å². The van der Waals surface area contributed by atoms with Crippen molar-refractivity contribution in [3.63, 3.8) is 0 Å². The summed E-state index contributed by atoms with van der Waals surface area (Å²) < 4.78 is 0. The van der Waals surface area contributed by atoms with Crippen molar-refractivity contribution >= 4 is 11.6 Å². The second kappa shape index (κ2) is 6.84. The van der Waals surface area contributed by atoms with E-state index >= 15 is 0 Å². The van der Waals surface area contributed by atoms with Crippen LogP contribution in [-0.2, 0) is 11.2 Å². The van der Waals surface area contributed by atoms with E-state index < -0.39 is 4.92 Å². The number of benzene rings is 1. The van der Waals surface area contributed by atoms with Gasteiger partial charge in [0.25, 0.3) is 5.69 Å². The number of hydrogen-bond donors (Lipinski definition) is 2. The smallest absolute Gasteiger partial charge is 0.269 e. The SMILES string of the molecule is CC(C)C(N)CNC(=O)Cc1cccc([N+](=O)[O-])c1. The summed E-state index contributed by atoms with van der Waals surface area (Å²) >= 11 is 0. The fourth-order valence-corrected chi connectivity index (χ4v) is 1.50. The molecule has 0 aliphatic heterocycles. The molecule has 1 aromatic carbocycles. The van der Waals surface area contributed by atoms with Gasteiger partial charge in [-0.2, -0.15) is 0 Å². The number of nitro groups is 1. The summed E-state index contributed by atoms with van der Waals surface area (Å²) in [5.74, 6) is 0.106. The lowest BCUT2D eigenvalue weighted by molar-refractivity contribution is -0.384. The molecule has 6 heteroatoms. The van der Waals surface area contributed by atoms with Crippen LogP contribution in [0.15, 0.2) is 24.3 Å². The summed E-state index contributed by atoms with van der Waals surface area (Å²) in [6.07, 6.45) is 0.118. The minimum atomic E-state index is -0.476. The molecule has 1 atom stereocenters. The summed E-state index contributed by atoms with van der Waals surface area (Å²) in [5, 5.41) is 13.3. The molecule has 0 saturated heterocycles. The van der Waals surface area contributed by atoms with Crippen LogP contribution in [0.25, 0.3) is 0 Å². The number of carbonyl (C=O) groups excluding carboxylic acids is 1. The molecular weight excluding hydrogens is 246 g/mol. The predicted molar refractivity (Wildman–Crippen MR) is 72.6 cm³/mol. The zero-order chi connectivity index (χ0) is 14.4. The van der Waals surface area contributed by atoms with Crippen LogP contribution in [0.1, 0.15) is 19.4 Å². The van der Waals surface area contributed by atoms with E-state index in [1.165, 1.54) is 12.1 Å². The molecule has 0 aromatic heterocycles. The number of nitro benzene ring substituents is 1. The fourth-order valence-electron chi connectivity index (χ4n) is 1.50. The lowest BCUT2D eigenvalue weighted by Crippen LogP contribution is -2.40. The third-order valence-corrected chi connectivity index (χ3v) is 2.88. The molecule has 0 saturated carbocycles. The van der Waals surface area contributed by atoms with Gasteiger partial charge in [-0.25, -0.2) is 0 Å². The van der Waals surface area contributed by atoms with Crippen molar-refractivity contribution in [2.75, 3.05) is 6.54 Å². The lowest BCUT2D eigenvalue weighted by Gasteiger charge is -2.16. The maximum Gasteiger partial charge on any atom is 0.269 e. The Kier molecular flexibility index (Phi) is 5.44. The molecule has 104 valence electrons. The first-order valence-electron chi connectivity index (χ1n) is 6.15. The molecular formula is C13H19N3O3. The Hall–Kier alpha value is -1.95. The first kappa shape index (κ1) is 15.1. The van der Waals surface area contributed by atoms with Crippen molar-refractivity contribution < 1.29 is 9.72 Å². The van der Waals surface area contributed by atoms with Gasteiger partial charge in [-0.1, -0.05) is 26.0 Å². The Morgan fingerprint density at radius 1 is 1.47 bits per heavy atom. The van der Waals surface area contributed by atoms with Crippen LogP contribution in [-0.4, -0.2) is 23.4 Å². The predicted octanol–water partition coefficient (Wildman–Crippen LogP) is 1.24. The van der Waals surface area contributed by atoms with E-state index in [1.54, 1.807) is 12.1 Å². The highest BCUT2D eigenvalue weighted by atomic mass is 16.6. The Labute approximate surface area is 112 Å². The summed E-state index contributed by atoms with van der Waals surface area (Å²) in [7, 11) is 0. The molecule has 0 bridgehead atoms. The van der Waals surface area contributed by atoms with Crippen molar-refractivity contribution in [1.29, 1.82) is 0 Å². The molecule has 0 heterocycles. The quantitative estimate of drug-likeness (QED) is 0.597. The van der Waals surface area contributed by atoms with Crippen molar-refractivity contribution in [2.24, 2.45) is 11.7 Å². The molecule has 0 aliphatic carbocycles. The van der Waals surface area contributed by atoms with Crippen molar-refractivity contribution in [3.05, 3.63) is 39.9 Å². The van der Waals surface area contributed by atoms with Gasteiger partial charge in [0.2, 0.25) is 5.91 Å². The molecule has 1 unspecified atom stereocenters. The normalized spacial score (nSPS) is 12.2. The number of amides is 1. The number of nitrogens with zero attached hydrogens (tertiary/aromatic N) is 1.